The Bertz CT molecular complexity index is 431. The molecule has 4 nitrogen and oxygen atoms in total. The first-order valence-corrected chi connectivity index (χ1v) is 7.82. The standard InChI is InChI=1S/C15H24ClN3O/c1-4-20-9-15-18-13(16)8-14(19-15)17-12-6-10(2)5-11(3)7-12/h8,10-12H,4-7,9H2,1-3H3,(H,17,18,19). The Balaban J connectivity index is 2.02. The van der Waals surface area contributed by atoms with Crippen molar-refractivity contribution in [2.45, 2.75) is 52.7 Å². The Labute approximate surface area is 126 Å². The van der Waals surface area contributed by atoms with Crippen molar-refractivity contribution in [3.63, 3.8) is 0 Å². The number of halogens is 1. The smallest absolute Gasteiger partial charge is 0.158 e. The molecule has 1 saturated carbocycles. The molecule has 2 rings (SSSR count). The van der Waals surface area contributed by atoms with E-state index < -0.39 is 0 Å². The molecule has 2 unspecified atom stereocenters. The molecule has 2 atom stereocenters. The number of rotatable bonds is 5. The Morgan fingerprint density at radius 2 is 1.95 bits per heavy atom. The first kappa shape index (κ1) is 15.5. The van der Waals surface area contributed by atoms with Gasteiger partial charge in [-0.05, 0) is 38.0 Å². The third-order valence-electron chi connectivity index (χ3n) is 3.71. The lowest BCUT2D eigenvalue weighted by atomic mass is 9.80. The van der Waals surface area contributed by atoms with E-state index >= 15 is 0 Å². The Morgan fingerprint density at radius 3 is 2.60 bits per heavy atom. The maximum Gasteiger partial charge on any atom is 0.158 e. The number of nitrogens with one attached hydrogen (secondary N) is 1. The van der Waals surface area contributed by atoms with Crippen molar-refractivity contribution >= 4 is 17.4 Å². The highest BCUT2D eigenvalue weighted by Gasteiger charge is 2.24. The van der Waals surface area contributed by atoms with Gasteiger partial charge in [-0.15, -0.1) is 0 Å². The highest BCUT2D eigenvalue weighted by atomic mass is 35.5. The molecule has 0 aliphatic heterocycles. The van der Waals surface area contributed by atoms with Crippen molar-refractivity contribution in [1.29, 1.82) is 0 Å². The molecule has 0 aromatic carbocycles. The first-order valence-electron chi connectivity index (χ1n) is 7.44. The largest absolute Gasteiger partial charge is 0.374 e. The normalized spacial score (nSPS) is 26.5. The van der Waals surface area contributed by atoms with Gasteiger partial charge in [0.1, 0.15) is 17.6 Å². The van der Waals surface area contributed by atoms with Gasteiger partial charge < -0.3 is 10.1 Å². The van der Waals surface area contributed by atoms with Crippen LogP contribution >= 0.6 is 11.6 Å². The molecule has 0 bridgehead atoms. The average molecular weight is 298 g/mol. The van der Waals surface area contributed by atoms with Crippen LogP contribution in [0, 0.1) is 11.8 Å². The van der Waals surface area contributed by atoms with E-state index in [4.69, 9.17) is 16.3 Å². The fourth-order valence-corrected chi connectivity index (χ4v) is 3.27. The van der Waals surface area contributed by atoms with Crippen LogP contribution in [0.4, 0.5) is 5.82 Å². The number of ether oxygens (including phenoxy) is 1. The summed E-state index contributed by atoms with van der Waals surface area (Å²) >= 11 is 6.06. The Morgan fingerprint density at radius 1 is 1.25 bits per heavy atom. The minimum Gasteiger partial charge on any atom is -0.374 e. The summed E-state index contributed by atoms with van der Waals surface area (Å²) in [6.45, 7) is 7.64. The summed E-state index contributed by atoms with van der Waals surface area (Å²) < 4.78 is 5.34. The molecule has 1 aromatic rings. The van der Waals surface area contributed by atoms with Crippen LogP contribution in [0.5, 0.6) is 0 Å². The predicted molar refractivity (Wildman–Crippen MR) is 82.0 cm³/mol. The van der Waals surface area contributed by atoms with Gasteiger partial charge >= 0.3 is 0 Å². The van der Waals surface area contributed by atoms with Gasteiger partial charge in [0.05, 0.1) is 0 Å². The van der Waals surface area contributed by atoms with E-state index in [2.05, 4.69) is 29.1 Å². The fraction of sp³-hybridized carbons (Fsp3) is 0.733. The quantitative estimate of drug-likeness (QED) is 0.837. The topological polar surface area (TPSA) is 47.0 Å². The number of hydrogen-bond acceptors (Lipinski definition) is 4. The highest BCUT2D eigenvalue weighted by Crippen LogP contribution is 2.30. The lowest BCUT2D eigenvalue weighted by Crippen LogP contribution is -2.30. The minimum atomic E-state index is 0.406. The van der Waals surface area contributed by atoms with Crippen LogP contribution in [-0.2, 0) is 11.3 Å². The summed E-state index contributed by atoms with van der Waals surface area (Å²) in [6, 6.07) is 2.26. The van der Waals surface area contributed by atoms with Gasteiger partial charge in [-0.2, -0.15) is 0 Å². The van der Waals surface area contributed by atoms with Crippen LogP contribution in [0.25, 0.3) is 0 Å². The molecule has 1 N–H and O–H groups in total. The van der Waals surface area contributed by atoms with Gasteiger partial charge in [-0.25, -0.2) is 9.97 Å². The molecule has 112 valence electrons. The van der Waals surface area contributed by atoms with Crippen molar-refractivity contribution in [1.82, 2.24) is 9.97 Å². The van der Waals surface area contributed by atoms with Gasteiger partial charge in [0.2, 0.25) is 0 Å². The van der Waals surface area contributed by atoms with E-state index in [9.17, 15) is 0 Å². The maximum absolute atomic E-state index is 6.06. The van der Waals surface area contributed by atoms with Gasteiger partial charge in [0.15, 0.2) is 5.82 Å². The van der Waals surface area contributed by atoms with Gasteiger partial charge in [-0.1, -0.05) is 25.4 Å². The number of aromatic nitrogens is 2. The predicted octanol–water partition coefficient (Wildman–Crippen LogP) is 3.90. The van der Waals surface area contributed by atoms with Crippen LogP contribution in [0.15, 0.2) is 6.07 Å². The third kappa shape index (κ3) is 4.60. The van der Waals surface area contributed by atoms with Crippen LogP contribution in [0.3, 0.4) is 0 Å². The lowest BCUT2D eigenvalue weighted by Gasteiger charge is -2.32. The van der Waals surface area contributed by atoms with Crippen LogP contribution in [-0.4, -0.2) is 22.6 Å². The van der Waals surface area contributed by atoms with E-state index in [0.717, 1.165) is 17.7 Å². The zero-order chi connectivity index (χ0) is 14.5. The second-order valence-corrected chi connectivity index (χ2v) is 6.28. The van der Waals surface area contributed by atoms with Gasteiger partial charge in [-0.3, -0.25) is 0 Å². The molecule has 0 radical (unpaired) electrons. The molecular formula is C15H24ClN3O. The zero-order valence-corrected chi connectivity index (χ0v) is 13.3. The molecule has 1 fully saturated rings. The monoisotopic (exact) mass is 297 g/mol. The maximum atomic E-state index is 6.06. The van der Waals surface area contributed by atoms with Crippen LogP contribution < -0.4 is 5.32 Å². The summed E-state index contributed by atoms with van der Waals surface area (Å²) in [4.78, 5) is 8.67. The van der Waals surface area contributed by atoms with Crippen molar-refractivity contribution in [3.05, 3.63) is 17.0 Å². The van der Waals surface area contributed by atoms with E-state index in [1.54, 1.807) is 6.07 Å². The molecule has 0 spiro atoms. The number of nitrogens with zero attached hydrogens (tertiary/aromatic N) is 2. The molecule has 1 aliphatic carbocycles. The van der Waals surface area contributed by atoms with Crippen LogP contribution in [0.1, 0.15) is 45.9 Å². The summed E-state index contributed by atoms with van der Waals surface area (Å²) in [5.74, 6) is 2.97. The zero-order valence-electron chi connectivity index (χ0n) is 12.5. The van der Waals surface area contributed by atoms with Gasteiger partial charge in [0, 0.05) is 18.7 Å². The summed E-state index contributed by atoms with van der Waals surface area (Å²) in [5, 5.41) is 3.97. The molecule has 0 saturated heterocycles. The Hall–Kier alpha value is -0.870. The van der Waals surface area contributed by atoms with Gasteiger partial charge in [0.25, 0.3) is 0 Å². The minimum absolute atomic E-state index is 0.406. The summed E-state index contributed by atoms with van der Waals surface area (Å²) in [6.07, 6.45) is 3.69. The van der Waals surface area contributed by atoms with E-state index in [0.29, 0.717) is 30.2 Å². The average Bonchev–Trinajstić information content (AvgIpc) is 2.34. The van der Waals surface area contributed by atoms with Crippen molar-refractivity contribution in [2.75, 3.05) is 11.9 Å². The van der Waals surface area contributed by atoms with E-state index in [-0.39, 0.29) is 0 Å². The summed E-state index contributed by atoms with van der Waals surface area (Å²) in [7, 11) is 0. The first-order chi connectivity index (χ1) is 9.56. The van der Waals surface area contributed by atoms with Crippen LogP contribution in [0.2, 0.25) is 5.15 Å². The number of hydrogen-bond donors (Lipinski definition) is 1. The molecule has 5 heteroatoms. The SMILES string of the molecule is CCOCc1nc(Cl)cc(NC2CC(C)CC(C)C2)n1. The second kappa shape index (κ2) is 7.23. The molecular weight excluding hydrogens is 274 g/mol. The fourth-order valence-electron chi connectivity index (χ4n) is 3.07. The van der Waals surface area contributed by atoms with E-state index in [1.165, 1.54) is 19.3 Å². The lowest BCUT2D eigenvalue weighted by molar-refractivity contribution is 0.128. The second-order valence-electron chi connectivity index (χ2n) is 5.89. The Kier molecular flexibility index (Phi) is 5.61. The molecule has 20 heavy (non-hydrogen) atoms. The molecule has 1 aliphatic rings. The third-order valence-corrected chi connectivity index (χ3v) is 3.90. The molecule has 1 heterocycles. The molecule has 0 amide bonds. The van der Waals surface area contributed by atoms with Crippen molar-refractivity contribution < 1.29 is 4.74 Å². The van der Waals surface area contributed by atoms with Crippen molar-refractivity contribution in [2.24, 2.45) is 11.8 Å². The summed E-state index contributed by atoms with van der Waals surface area (Å²) in [5.41, 5.74) is 0. The van der Waals surface area contributed by atoms with E-state index in [1.807, 2.05) is 6.92 Å². The van der Waals surface area contributed by atoms with Crippen molar-refractivity contribution in [3.8, 4) is 0 Å². The molecule has 1 aromatic heterocycles. The number of anilines is 1. The highest BCUT2D eigenvalue weighted by molar-refractivity contribution is 6.29.